The number of rotatable bonds is 9. The lowest BCUT2D eigenvalue weighted by Crippen LogP contribution is -2.17. The largest absolute Gasteiger partial charge is 0.495 e. The summed E-state index contributed by atoms with van der Waals surface area (Å²) in [5.74, 6) is -0.238. The van der Waals surface area contributed by atoms with Crippen LogP contribution < -0.4 is 19.5 Å². The smallest absolute Gasteiger partial charge is 0.263 e. The third-order valence-corrected chi connectivity index (χ3v) is 9.02. The number of sulfonamides is 2. The lowest BCUT2D eigenvalue weighted by molar-refractivity contribution is 0.102. The van der Waals surface area contributed by atoms with E-state index in [2.05, 4.69) is 14.8 Å². The van der Waals surface area contributed by atoms with Crippen LogP contribution in [0, 0.1) is 13.8 Å². The molecular formula is C28H26ClN3O6S2. The van der Waals surface area contributed by atoms with Crippen LogP contribution in [-0.4, -0.2) is 29.9 Å². The highest BCUT2D eigenvalue weighted by Crippen LogP contribution is 2.29. The first-order valence-corrected chi connectivity index (χ1v) is 15.2. The highest BCUT2D eigenvalue weighted by Gasteiger charge is 2.21. The Balaban J connectivity index is 1.51. The van der Waals surface area contributed by atoms with Crippen LogP contribution in [0.4, 0.5) is 17.1 Å². The summed E-state index contributed by atoms with van der Waals surface area (Å²) in [6.07, 6.45) is 0. The van der Waals surface area contributed by atoms with E-state index in [9.17, 15) is 21.6 Å². The van der Waals surface area contributed by atoms with E-state index in [0.29, 0.717) is 22.8 Å². The average molecular weight is 600 g/mol. The lowest BCUT2D eigenvalue weighted by atomic mass is 10.2. The first-order valence-electron chi connectivity index (χ1n) is 11.9. The molecule has 4 aromatic carbocycles. The first kappa shape index (κ1) is 28.9. The Bertz CT molecular complexity index is 1790. The second-order valence-electron chi connectivity index (χ2n) is 8.91. The Morgan fingerprint density at radius 3 is 2.12 bits per heavy atom. The minimum atomic E-state index is -4.09. The van der Waals surface area contributed by atoms with E-state index in [-0.39, 0.29) is 20.4 Å². The Kier molecular flexibility index (Phi) is 8.38. The number of benzene rings is 4. The van der Waals surface area contributed by atoms with E-state index in [1.54, 1.807) is 36.4 Å². The molecule has 9 nitrogen and oxygen atoms in total. The van der Waals surface area contributed by atoms with Gasteiger partial charge in [-0.25, -0.2) is 16.8 Å². The van der Waals surface area contributed by atoms with Gasteiger partial charge in [0.05, 0.1) is 22.7 Å². The van der Waals surface area contributed by atoms with Crippen molar-refractivity contribution in [3.63, 3.8) is 0 Å². The van der Waals surface area contributed by atoms with Crippen molar-refractivity contribution >= 4 is 54.6 Å². The molecule has 0 aliphatic heterocycles. The topological polar surface area (TPSA) is 131 Å². The fourth-order valence-corrected chi connectivity index (χ4v) is 6.43. The fourth-order valence-electron chi connectivity index (χ4n) is 3.80. The number of carbonyl (C=O) groups excluding carboxylic acids is 1. The van der Waals surface area contributed by atoms with E-state index in [1.165, 1.54) is 49.6 Å². The minimum Gasteiger partial charge on any atom is -0.495 e. The summed E-state index contributed by atoms with van der Waals surface area (Å²) >= 11 is 6.17. The van der Waals surface area contributed by atoms with Gasteiger partial charge < -0.3 is 10.1 Å². The van der Waals surface area contributed by atoms with Crippen molar-refractivity contribution in [1.82, 2.24) is 0 Å². The van der Waals surface area contributed by atoms with E-state index in [1.807, 2.05) is 19.9 Å². The third kappa shape index (κ3) is 6.74. The molecule has 3 N–H and O–H groups in total. The van der Waals surface area contributed by atoms with E-state index >= 15 is 0 Å². The van der Waals surface area contributed by atoms with Gasteiger partial charge in [-0.15, -0.1) is 0 Å². The molecule has 0 heterocycles. The summed E-state index contributed by atoms with van der Waals surface area (Å²) in [7, 11) is -6.59. The van der Waals surface area contributed by atoms with Gasteiger partial charge in [0, 0.05) is 16.9 Å². The van der Waals surface area contributed by atoms with Crippen LogP contribution in [0.5, 0.6) is 5.75 Å². The van der Waals surface area contributed by atoms with Crippen molar-refractivity contribution in [2.75, 3.05) is 21.9 Å². The van der Waals surface area contributed by atoms with Crippen LogP contribution in [0.1, 0.15) is 21.5 Å². The zero-order chi connectivity index (χ0) is 29.1. The van der Waals surface area contributed by atoms with Crippen LogP contribution in [0.3, 0.4) is 0 Å². The van der Waals surface area contributed by atoms with Gasteiger partial charge in [0.15, 0.2) is 0 Å². The second-order valence-corrected chi connectivity index (χ2v) is 12.6. The Morgan fingerprint density at radius 1 is 0.750 bits per heavy atom. The molecule has 1 amide bonds. The summed E-state index contributed by atoms with van der Waals surface area (Å²) in [5, 5.41) is 2.58. The number of halogens is 1. The minimum absolute atomic E-state index is 0.0313. The molecule has 0 aromatic heterocycles. The van der Waals surface area contributed by atoms with Crippen LogP contribution in [0.15, 0.2) is 94.7 Å². The molecule has 12 heteroatoms. The molecule has 40 heavy (non-hydrogen) atoms. The summed E-state index contributed by atoms with van der Waals surface area (Å²) in [5.41, 5.74) is 2.71. The molecule has 0 atom stereocenters. The maximum absolute atomic E-state index is 13.0. The molecule has 4 rings (SSSR count). The Hall–Kier alpha value is -4.06. The highest BCUT2D eigenvalue weighted by molar-refractivity contribution is 7.93. The molecular weight excluding hydrogens is 574 g/mol. The molecule has 0 aliphatic carbocycles. The van der Waals surface area contributed by atoms with Gasteiger partial charge >= 0.3 is 0 Å². The molecule has 208 valence electrons. The molecule has 0 fully saturated rings. The van der Waals surface area contributed by atoms with E-state index in [4.69, 9.17) is 16.3 Å². The van der Waals surface area contributed by atoms with E-state index < -0.39 is 26.0 Å². The van der Waals surface area contributed by atoms with Crippen molar-refractivity contribution in [1.29, 1.82) is 0 Å². The van der Waals surface area contributed by atoms with Crippen molar-refractivity contribution < 1.29 is 26.4 Å². The molecule has 0 unspecified atom stereocenters. The SMILES string of the molecule is COc1ccc(C)cc1NS(=O)(=O)c1ccc(NC(=O)c2ccc(Cl)c(S(=O)(=O)Nc3cccc(C)c3)c2)cc1. The number of aryl methyl sites for hydroxylation is 2. The molecule has 0 aliphatic rings. The van der Waals surface area contributed by atoms with Gasteiger partial charge in [-0.05, 0) is 91.7 Å². The van der Waals surface area contributed by atoms with Crippen LogP contribution >= 0.6 is 11.6 Å². The fraction of sp³-hybridized carbons (Fsp3) is 0.107. The van der Waals surface area contributed by atoms with Crippen molar-refractivity contribution in [3.8, 4) is 5.75 Å². The number of ether oxygens (including phenoxy) is 1. The molecule has 0 saturated carbocycles. The summed E-state index contributed by atoms with van der Waals surface area (Å²) in [4.78, 5) is 12.6. The van der Waals surface area contributed by atoms with Crippen molar-refractivity contribution in [2.45, 2.75) is 23.6 Å². The van der Waals surface area contributed by atoms with Gasteiger partial charge in [-0.3, -0.25) is 14.2 Å². The number of anilines is 3. The predicted octanol–water partition coefficient (Wildman–Crippen LogP) is 5.82. The maximum Gasteiger partial charge on any atom is 0.263 e. The maximum atomic E-state index is 13.0. The normalized spacial score (nSPS) is 11.5. The first-order chi connectivity index (χ1) is 18.9. The zero-order valence-corrected chi connectivity index (χ0v) is 24.1. The number of hydrogen-bond acceptors (Lipinski definition) is 6. The summed E-state index contributed by atoms with van der Waals surface area (Å²) < 4.78 is 62.0. The quantitative estimate of drug-likeness (QED) is 0.222. The average Bonchev–Trinajstić information content (AvgIpc) is 2.89. The van der Waals surface area contributed by atoms with E-state index in [0.717, 1.165) is 11.1 Å². The number of amides is 1. The molecule has 0 saturated heterocycles. The Labute approximate surface area is 238 Å². The van der Waals surface area contributed by atoms with Crippen LogP contribution in [0.2, 0.25) is 5.02 Å². The number of nitrogens with one attached hydrogen (secondary N) is 3. The van der Waals surface area contributed by atoms with Gasteiger partial charge in [-0.1, -0.05) is 29.8 Å². The van der Waals surface area contributed by atoms with Crippen LogP contribution in [0.25, 0.3) is 0 Å². The van der Waals surface area contributed by atoms with Crippen molar-refractivity contribution in [3.05, 3.63) is 107 Å². The van der Waals surface area contributed by atoms with Gasteiger partial charge in [-0.2, -0.15) is 0 Å². The summed E-state index contributed by atoms with van der Waals surface area (Å²) in [6, 6.07) is 21.3. The highest BCUT2D eigenvalue weighted by atomic mass is 35.5. The monoisotopic (exact) mass is 599 g/mol. The Morgan fingerprint density at radius 2 is 1.45 bits per heavy atom. The molecule has 4 aromatic rings. The third-order valence-electron chi connectivity index (χ3n) is 5.77. The number of carbonyl (C=O) groups is 1. The predicted molar refractivity (Wildman–Crippen MR) is 156 cm³/mol. The second kappa shape index (κ2) is 11.6. The van der Waals surface area contributed by atoms with Gasteiger partial charge in [0.2, 0.25) is 0 Å². The van der Waals surface area contributed by atoms with Gasteiger partial charge in [0.1, 0.15) is 10.6 Å². The van der Waals surface area contributed by atoms with Crippen molar-refractivity contribution in [2.24, 2.45) is 0 Å². The molecule has 0 bridgehead atoms. The van der Waals surface area contributed by atoms with Gasteiger partial charge in [0.25, 0.3) is 26.0 Å². The molecule has 0 spiro atoms. The zero-order valence-electron chi connectivity index (χ0n) is 21.7. The number of methoxy groups -OCH3 is 1. The molecule has 0 radical (unpaired) electrons. The summed E-state index contributed by atoms with van der Waals surface area (Å²) in [6.45, 7) is 3.66. The number of hydrogen-bond donors (Lipinski definition) is 3. The standard InChI is InChI=1S/C28H26ClN3O6S2/c1-18-5-4-6-22(15-18)31-40(36,37)27-17-20(8-13-24(27)29)28(33)30-21-9-11-23(12-10-21)39(34,35)32-25-16-19(2)7-14-26(25)38-3/h4-17,31-32H,1-3H3,(H,30,33). The lowest BCUT2D eigenvalue weighted by Gasteiger charge is -2.13. The van der Waals surface area contributed by atoms with Crippen LogP contribution in [-0.2, 0) is 20.0 Å².